The molecule has 0 aliphatic heterocycles. The molecule has 24 heavy (non-hydrogen) atoms. The van der Waals surface area contributed by atoms with E-state index in [2.05, 4.69) is 5.32 Å². The van der Waals surface area contributed by atoms with Crippen LogP contribution in [0.5, 0.6) is 0 Å². The zero-order chi connectivity index (χ0) is 17.1. The number of carboxylic acids is 1. The molecular formula is C14H10N3NaO6. The Labute approximate surface area is 157 Å². The summed E-state index contributed by atoms with van der Waals surface area (Å²) < 4.78 is 0. The summed E-state index contributed by atoms with van der Waals surface area (Å²) >= 11 is 0. The van der Waals surface area contributed by atoms with E-state index < -0.39 is 27.2 Å². The van der Waals surface area contributed by atoms with E-state index in [4.69, 9.17) is 0 Å². The molecule has 0 unspecified atom stereocenters. The van der Waals surface area contributed by atoms with Gasteiger partial charge in [-0.2, -0.15) is 0 Å². The fraction of sp³-hybridized carbons (Fsp3) is 0.0714. The predicted molar refractivity (Wildman–Crippen MR) is 78.5 cm³/mol. The van der Waals surface area contributed by atoms with Crippen LogP contribution < -0.4 is 40.0 Å². The normalized spacial score (nSPS) is 9.71. The van der Waals surface area contributed by atoms with Gasteiger partial charge in [0, 0.05) is 17.3 Å². The van der Waals surface area contributed by atoms with Gasteiger partial charge in [-0.1, -0.05) is 11.6 Å². The Morgan fingerprint density at radius 3 is 2.17 bits per heavy atom. The van der Waals surface area contributed by atoms with Crippen molar-refractivity contribution in [3.05, 3.63) is 67.8 Å². The third-order valence-corrected chi connectivity index (χ3v) is 3.05. The first kappa shape index (κ1) is 19.6. The van der Waals surface area contributed by atoms with Crippen molar-refractivity contribution >= 4 is 28.7 Å². The zero-order valence-electron chi connectivity index (χ0n) is 12.8. The van der Waals surface area contributed by atoms with Gasteiger partial charge in [0.25, 0.3) is 11.4 Å². The predicted octanol–water partition coefficient (Wildman–Crippen LogP) is -1.08. The summed E-state index contributed by atoms with van der Waals surface area (Å²) in [7, 11) is 0. The topological polar surface area (TPSA) is 138 Å². The molecule has 0 fully saturated rings. The number of anilines is 2. The number of benzene rings is 2. The van der Waals surface area contributed by atoms with Crippen molar-refractivity contribution in [2.75, 3.05) is 5.32 Å². The van der Waals surface area contributed by atoms with Crippen molar-refractivity contribution in [1.82, 2.24) is 0 Å². The van der Waals surface area contributed by atoms with E-state index in [0.717, 1.165) is 18.2 Å². The Hall–Kier alpha value is -2.49. The molecule has 0 radical (unpaired) electrons. The molecule has 0 aliphatic rings. The van der Waals surface area contributed by atoms with Crippen LogP contribution in [-0.2, 0) is 0 Å². The summed E-state index contributed by atoms with van der Waals surface area (Å²) in [6.45, 7) is 1.69. The maximum atomic E-state index is 11.2. The summed E-state index contributed by atoms with van der Waals surface area (Å²) in [6, 6.07) is 7.44. The van der Waals surface area contributed by atoms with E-state index in [1.807, 2.05) is 0 Å². The molecule has 0 spiro atoms. The molecule has 10 heteroatoms. The summed E-state index contributed by atoms with van der Waals surface area (Å²) in [4.78, 5) is 31.4. The van der Waals surface area contributed by atoms with Crippen LogP contribution in [0, 0.1) is 27.2 Å². The largest absolute Gasteiger partial charge is 1.00 e. The molecule has 0 bridgehead atoms. The van der Waals surface area contributed by atoms with Gasteiger partial charge in [0.2, 0.25) is 0 Å². The second kappa shape index (κ2) is 7.86. The second-order valence-electron chi connectivity index (χ2n) is 4.68. The molecule has 118 valence electrons. The van der Waals surface area contributed by atoms with Crippen LogP contribution in [0.25, 0.3) is 0 Å². The van der Waals surface area contributed by atoms with Crippen LogP contribution in [0.4, 0.5) is 22.7 Å². The summed E-state index contributed by atoms with van der Waals surface area (Å²) in [6.07, 6.45) is 0. The molecule has 2 aromatic rings. The molecule has 2 rings (SSSR count). The van der Waals surface area contributed by atoms with Gasteiger partial charge in [-0.3, -0.25) is 20.2 Å². The van der Waals surface area contributed by atoms with Gasteiger partial charge >= 0.3 is 29.6 Å². The van der Waals surface area contributed by atoms with E-state index in [-0.39, 0.29) is 46.5 Å². The van der Waals surface area contributed by atoms with E-state index in [1.54, 1.807) is 13.0 Å². The molecule has 9 nitrogen and oxygen atoms in total. The third-order valence-electron chi connectivity index (χ3n) is 3.05. The third kappa shape index (κ3) is 4.28. The number of carbonyl (C=O) groups is 1. The quantitative estimate of drug-likeness (QED) is 0.415. The molecule has 0 amide bonds. The Bertz CT molecular complexity index is 824. The van der Waals surface area contributed by atoms with Gasteiger partial charge in [-0.05, 0) is 25.1 Å². The van der Waals surface area contributed by atoms with E-state index >= 15 is 0 Å². The number of nitrogens with zero attached hydrogens (tertiary/aromatic N) is 2. The van der Waals surface area contributed by atoms with Crippen molar-refractivity contribution in [2.45, 2.75) is 6.92 Å². The molecule has 1 N–H and O–H groups in total. The fourth-order valence-electron chi connectivity index (χ4n) is 1.97. The number of non-ortho nitro benzene ring substituents is 1. The van der Waals surface area contributed by atoms with Crippen LogP contribution in [0.2, 0.25) is 0 Å². The maximum Gasteiger partial charge on any atom is 1.00 e. The molecule has 2 aromatic carbocycles. The Morgan fingerprint density at radius 1 is 1.00 bits per heavy atom. The summed E-state index contributed by atoms with van der Waals surface area (Å²) in [5.41, 5.74) is -0.444. The van der Waals surface area contributed by atoms with Gasteiger partial charge in [-0.25, -0.2) is 0 Å². The summed E-state index contributed by atoms with van der Waals surface area (Å²) in [5, 5.41) is 35.5. The average molecular weight is 339 g/mol. The zero-order valence-corrected chi connectivity index (χ0v) is 14.8. The van der Waals surface area contributed by atoms with Crippen molar-refractivity contribution in [3.8, 4) is 0 Å². The minimum absolute atomic E-state index is 0. The molecule has 0 aliphatic carbocycles. The molecular weight excluding hydrogens is 329 g/mol. The maximum absolute atomic E-state index is 11.2. The molecule has 0 saturated carbocycles. The first-order valence-corrected chi connectivity index (χ1v) is 6.31. The Balaban J connectivity index is 0.00000288. The van der Waals surface area contributed by atoms with E-state index in [1.165, 1.54) is 12.1 Å². The number of hydrogen-bond donors (Lipinski definition) is 1. The van der Waals surface area contributed by atoms with Crippen LogP contribution in [-0.4, -0.2) is 15.8 Å². The van der Waals surface area contributed by atoms with Crippen molar-refractivity contribution in [1.29, 1.82) is 0 Å². The van der Waals surface area contributed by atoms with Crippen molar-refractivity contribution in [3.63, 3.8) is 0 Å². The number of nitrogens with one attached hydrogen (secondary N) is 1. The van der Waals surface area contributed by atoms with Gasteiger partial charge in [-0.15, -0.1) is 0 Å². The molecule has 0 saturated heterocycles. The standard InChI is InChI=1S/C14H11N3O6.Na/c1-8-2-4-11(10(6-8)14(18)19)15-12-5-3-9(16(20)21)7-13(12)17(22)23;/h2-7,15H,1H3,(H,18,19);/q;+1/p-1. The Kier molecular flexibility index (Phi) is 6.41. The summed E-state index contributed by atoms with van der Waals surface area (Å²) in [5.74, 6) is -1.44. The van der Waals surface area contributed by atoms with Crippen molar-refractivity contribution in [2.24, 2.45) is 0 Å². The first-order valence-electron chi connectivity index (χ1n) is 6.31. The SMILES string of the molecule is Cc1ccc(Nc2ccc([N+](=O)[O-])cc2[N+](=O)[O-])c(C(=O)[O-])c1.[Na+]. The van der Waals surface area contributed by atoms with Crippen LogP contribution >= 0.6 is 0 Å². The average Bonchev–Trinajstić information content (AvgIpc) is 2.48. The fourth-order valence-corrected chi connectivity index (χ4v) is 1.97. The van der Waals surface area contributed by atoms with Crippen LogP contribution in [0.15, 0.2) is 36.4 Å². The molecule has 0 heterocycles. The minimum atomic E-state index is -1.44. The number of carbonyl (C=O) groups excluding carboxylic acids is 1. The molecule has 0 aromatic heterocycles. The molecule has 0 atom stereocenters. The van der Waals surface area contributed by atoms with E-state index in [9.17, 15) is 30.1 Å². The number of aromatic carboxylic acids is 1. The first-order chi connectivity index (χ1) is 10.8. The van der Waals surface area contributed by atoms with Crippen LogP contribution in [0.3, 0.4) is 0 Å². The van der Waals surface area contributed by atoms with Crippen molar-refractivity contribution < 1.29 is 49.3 Å². The van der Waals surface area contributed by atoms with E-state index in [0.29, 0.717) is 5.56 Å². The van der Waals surface area contributed by atoms with Gasteiger partial charge < -0.3 is 15.2 Å². The second-order valence-corrected chi connectivity index (χ2v) is 4.68. The number of nitro groups is 2. The number of rotatable bonds is 5. The number of nitro benzene ring substituents is 2. The number of carboxylic acid groups (broad SMARTS) is 1. The minimum Gasteiger partial charge on any atom is -0.545 e. The monoisotopic (exact) mass is 339 g/mol. The number of hydrogen-bond acceptors (Lipinski definition) is 7. The van der Waals surface area contributed by atoms with Crippen LogP contribution in [0.1, 0.15) is 15.9 Å². The van der Waals surface area contributed by atoms with Gasteiger partial charge in [0.05, 0.1) is 21.9 Å². The van der Waals surface area contributed by atoms with Gasteiger partial charge in [0.15, 0.2) is 0 Å². The Morgan fingerprint density at radius 2 is 1.62 bits per heavy atom. The smallest absolute Gasteiger partial charge is 0.545 e. The van der Waals surface area contributed by atoms with Gasteiger partial charge in [0.1, 0.15) is 5.69 Å². The number of aryl methyl sites for hydroxylation is 1.